The largest absolute Gasteiger partial charge is 0.326 e. The summed E-state index contributed by atoms with van der Waals surface area (Å²) < 4.78 is 2.16. The molecule has 1 aliphatic heterocycles. The number of likely N-dealkylation sites (tertiary alicyclic amines) is 1. The Morgan fingerprint density at radius 2 is 1.85 bits per heavy atom. The summed E-state index contributed by atoms with van der Waals surface area (Å²) in [7, 11) is 0. The number of benzene rings is 2. The summed E-state index contributed by atoms with van der Waals surface area (Å²) in [5.74, 6) is 1.53. The van der Waals surface area contributed by atoms with E-state index in [4.69, 9.17) is 0 Å². The zero-order valence-corrected chi connectivity index (χ0v) is 19.9. The lowest BCUT2D eigenvalue weighted by atomic mass is 9.89. The second-order valence-electron chi connectivity index (χ2n) is 9.54. The van der Waals surface area contributed by atoms with Crippen molar-refractivity contribution in [3.63, 3.8) is 0 Å². The Hall–Kier alpha value is -3.44. The number of carbonyl (C=O) groups is 1. The fourth-order valence-electron chi connectivity index (χ4n) is 4.89. The molecule has 1 saturated heterocycles. The molecule has 0 aliphatic carbocycles. The molecule has 0 bridgehead atoms. The van der Waals surface area contributed by atoms with Crippen LogP contribution in [0, 0.1) is 5.92 Å². The van der Waals surface area contributed by atoms with E-state index < -0.39 is 0 Å². The smallest absolute Gasteiger partial charge is 0.226 e. The molecule has 1 fully saturated rings. The van der Waals surface area contributed by atoms with E-state index in [0.717, 1.165) is 44.0 Å². The van der Waals surface area contributed by atoms with Gasteiger partial charge in [-0.15, -0.1) is 0 Å². The first-order chi connectivity index (χ1) is 16.6. The van der Waals surface area contributed by atoms with Crippen molar-refractivity contribution in [1.82, 2.24) is 14.5 Å². The molecule has 5 rings (SSSR count). The van der Waals surface area contributed by atoms with E-state index in [1.165, 1.54) is 22.0 Å². The molecule has 1 amide bonds. The summed E-state index contributed by atoms with van der Waals surface area (Å²) in [5, 5.41) is 4.33. The lowest BCUT2D eigenvalue weighted by Gasteiger charge is -2.32. The molecular weight excluding hydrogens is 420 g/mol. The van der Waals surface area contributed by atoms with Gasteiger partial charge in [-0.3, -0.25) is 9.69 Å². The summed E-state index contributed by atoms with van der Waals surface area (Å²) >= 11 is 0. The molecule has 0 unspecified atom stereocenters. The molecule has 0 radical (unpaired) electrons. The number of anilines is 1. The molecule has 2 aromatic carbocycles. The Labute approximate surface area is 201 Å². The van der Waals surface area contributed by atoms with Crippen molar-refractivity contribution in [2.45, 2.75) is 39.2 Å². The summed E-state index contributed by atoms with van der Waals surface area (Å²) in [5.41, 5.74) is 4.80. The van der Waals surface area contributed by atoms with Crippen LogP contribution in [-0.4, -0.2) is 33.4 Å². The number of carbonyl (C=O) groups excluding carboxylic acids is 1. The highest BCUT2D eigenvalue weighted by molar-refractivity contribution is 5.92. The number of rotatable bonds is 6. The van der Waals surface area contributed by atoms with Crippen molar-refractivity contribution in [2.75, 3.05) is 18.4 Å². The van der Waals surface area contributed by atoms with Gasteiger partial charge in [-0.1, -0.05) is 44.2 Å². The van der Waals surface area contributed by atoms with Crippen LogP contribution in [0.25, 0.3) is 16.7 Å². The topological polar surface area (TPSA) is 50.2 Å². The van der Waals surface area contributed by atoms with Crippen molar-refractivity contribution in [3.05, 3.63) is 90.3 Å². The van der Waals surface area contributed by atoms with Crippen LogP contribution in [-0.2, 0) is 11.3 Å². The minimum Gasteiger partial charge on any atom is -0.326 e. The number of hydrogen-bond donors (Lipinski definition) is 1. The standard InChI is InChI=1S/C29H32N4O/c1-21(2)29(34)31-25-9-5-7-23(19-25)22-12-16-32(17-13-22)20-24-8-6-10-27-26(24)14-18-33(27)28-11-3-4-15-30-28/h3-11,14-15,18-19,21-22H,12-13,16-17,20H2,1-2H3,(H,31,34). The second-order valence-corrected chi connectivity index (χ2v) is 9.54. The van der Waals surface area contributed by atoms with Gasteiger partial charge in [0, 0.05) is 35.9 Å². The van der Waals surface area contributed by atoms with Crippen LogP contribution in [0.5, 0.6) is 0 Å². The molecule has 1 aliphatic rings. The average molecular weight is 453 g/mol. The number of nitrogens with one attached hydrogen (secondary N) is 1. The van der Waals surface area contributed by atoms with E-state index in [-0.39, 0.29) is 11.8 Å². The molecule has 2 aromatic heterocycles. The summed E-state index contributed by atoms with van der Waals surface area (Å²) in [4.78, 5) is 19.1. The van der Waals surface area contributed by atoms with Gasteiger partial charge in [-0.2, -0.15) is 0 Å². The van der Waals surface area contributed by atoms with E-state index in [1.807, 2.05) is 44.3 Å². The van der Waals surface area contributed by atoms with Crippen molar-refractivity contribution in [3.8, 4) is 5.82 Å². The monoisotopic (exact) mass is 452 g/mol. The number of nitrogens with zero attached hydrogens (tertiary/aromatic N) is 3. The maximum Gasteiger partial charge on any atom is 0.226 e. The number of amides is 1. The number of fused-ring (bicyclic) bond motifs is 1. The molecule has 34 heavy (non-hydrogen) atoms. The third kappa shape index (κ3) is 4.75. The predicted octanol–water partition coefficient (Wildman–Crippen LogP) is 6.00. The average Bonchev–Trinajstić information content (AvgIpc) is 3.30. The van der Waals surface area contributed by atoms with Gasteiger partial charge in [0.2, 0.25) is 5.91 Å². The van der Waals surface area contributed by atoms with Gasteiger partial charge in [0.15, 0.2) is 0 Å². The summed E-state index contributed by atoms with van der Waals surface area (Å²) in [6.45, 7) is 6.95. The van der Waals surface area contributed by atoms with Crippen molar-refractivity contribution < 1.29 is 4.79 Å². The molecule has 3 heterocycles. The molecule has 5 heteroatoms. The van der Waals surface area contributed by atoms with Crippen LogP contribution in [0.3, 0.4) is 0 Å². The highest BCUT2D eigenvalue weighted by atomic mass is 16.1. The lowest BCUT2D eigenvalue weighted by Crippen LogP contribution is -2.32. The molecule has 5 nitrogen and oxygen atoms in total. The molecule has 4 aromatic rings. The van der Waals surface area contributed by atoms with Gasteiger partial charge < -0.3 is 9.88 Å². The lowest BCUT2D eigenvalue weighted by molar-refractivity contribution is -0.118. The Bertz CT molecular complexity index is 1270. The Kier molecular flexibility index (Phi) is 6.45. The second kappa shape index (κ2) is 9.82. The first-order valence-corrected chi connectivity index (χ1v) is 12.2. The van der Waals surface area contributed by atoms with Gasteiger partial charge in [0.25, 0.3) is 0 Å². The normalized spacial score (nSPS) is 15.1. The predicted molar refractivity (Wildman–Crippen MR) is 138 cm³/mol. The SMILES string of the molecule is CC(C)C(=O)Nc1cccc(C2CCN(Cc3cccc4c3ccn4-c3ccccn3)CC2)c1. The van der Waals surface area contributed by atoms with Crippen LogP contribution < -0.4 is 5.32 Å². The van der Waals surface area contributed by atoms with E-state index in [0.29, 0.717) is 5.92 Å². The maximum atomic E-state index is 12.1. The summed E-state index contributed by atoms with van der Waals surface area (Å²) in [6.07, 6.45) is 6.22. The van der Waals surface area contributed by atoms with Gasteiger partial charge >= 0.3 is 0 Å². The summed E-state index contributed by atoms with van der Waals surface area (Å²) in [6, 6.07) is 23.2. The van der Waals surface area contributed by atoms with Crippen LogP contribution in [0.2, 0.25) is 0 Å². The molecular formula is C29H32N4O. The number of hydrogen-bond acceptors (Lipinski definition) is 3. The zero-order chi connectivity index (χ0) is 23.5. The number of pyridine rings is 1. The Balaban J connectivity index is 1.25. The van der Waals surface area contributed by atoms with Crippen LogP contribution in [0.4, 0.5) is 5.69 Å². The third-order valence-electron chi connectivity index (χ3n) is 6.85. The minimum atomic E-state index is -0.0165. The van der Waals surface area contributed by atoms with Crippen molar-refractivity contribution in [2.24, 2.45) is 5.92 Å². The van der Waals surface area contributed by atoms with Crippen molar-refractivity contribution in [1.29, 1.82) is 0 Å². The Morgan fingerprint density at radius 3 is 2.62 bits per heavy atom. The van der Waals surface area contributed by atoms with E-state index in [1.54, 1.807) is 0 Å². The minimum absolute atomic E-state index is 0.0165. The van der Waals surface area contributed by atoms with E-state index in [2.05, 4.69) is 68.4 Å². The van der Waals surface area contributed by atoms with Crippen LogP contribution >= 0.6 is 0 Å². The highest BCUT2D eigenvalue weighted by Gasteiger charge is 2.22. The fraction of sp³-hybridized carbons (Fsp3) is 0.310. The van der Waals surface area contributed by atoms with Crippen LogP contribution in [0.1, 0.15) is 43.7 Å². The maximum absolute atomic E-state index is 12.1. The van der Waals surface area contributed by atoms with Crippen molar-refractivity contribution >= 4 is 22.5 Å². The quantitative estimate of drug-likeness (QED) is 0.390. The number of aromatic nitrogens is 2. The first-order valence-electron chi connectivity index (χ1n) is 12.2. The number of piperidine rings is 1. The van der Waals surface area contributed by atoms with Gasteiger partial charge in [0.05, 0.1) is 5.52 Å². The zero-order valence-electron chi connectivity index (χ0n) is 19.9. The van der Waals surface area contributed by atoms with E-state index in [9.17, 15) is 4.79 Å². The highest BCUT2D eigenvalue weighted by Crippen LogP contribution is 2.31. The van der Waals surface area contributed by atoms with Crippen LogP contribution in [0.15, 0.2) is 79.1 Å². The van der Waals surface area contributed by atoms with Gasteiger partial charge in [-0.25, -0.2) is 4.98 Å². The molecule has 0 spiro atoms. The third-order valence-corrected chi connectivity index (χ3v) is 6.85. The van der Waals surface area contributed by atoms with E-state index >= 15 is 0 Å². The molecule has 1 N–H and O–H groups in total. The molecule has 174 valence electrons. The van der Waals surface area contributed by atoms with Gasteiger partial charge in [0.1, 0.15) is 5.82 Å². The fourth-order valence-corrected chi connectivity index (χ4v) is 4.89. The first kappa shape index (κ1) is 22.4. The molecule has 0 atom stereocenters. The molecule has 0 saturated carbocycles. The Morgan fingerprint density at radius 1 is 1.03 bits per heavy atom. The van der Waals surface area contributed by atoms with Gasteiger partial charge in [-0.05, 0) is 79.4 Å².